The monoisotopic (exact) mass is 1100 g/mol. The summed E-state index contributed by atoms with van der Waals surface area (Å²) in [5.74, 6) is -11.0. The average Bonchev–Trinajstić information content (AvgIpc) is 3.81. The number of carbonyl (C=O) groups excluding carboxylic acids is 8. The minimum Gasteiger partial charge on any atom is -0.508 e. The van der Waals surface area contributed by atoms with Crippen LogP contribution in [0.4, 0.5) is 0 Å². The number of benzene rings is 3. The smallest absolute Gasteiger partial charge is 0.325 e. The van der Waals surface area contributed by atoms with Crippen molar-refractivity contribution in [3.05, 3.63) is 102 Å². The maximum absolute atomic E-state index is 14.8. The summed E-state index contributed by atoms with van der Waals surface area (Å²) in [6, 6.07) is 8.25. The van der Waals surface area contributed by atoms with E-state index in [-0.39, 0.29) is 49.5 Å². The lowest BCUT2D eigenvalue weighted by Crippen LogP contribution is -2.61. The molecular formula is C51H65N11O13S2. The number of para-hydroxylation sites is 1. The van der Waals surface area contributed by atoms with Gasteiger partial charge in [-0.25, -0.2) is 0 Å². The van der Waals surface area contributed by atoms with Gasteiger partial charge in [-0.3, -0.25) is 47.9 Å². The van der Waals surface area contributed by atoms with Crippen LogP contribution in [0.25, 0.3) is 10.9 Å². The molecular weight excluding hydrogens is 1040 g/mol. The van der Waals surface area contributed by atoms with Crippen LogP contribution in [-0.2, 0) is 67.2 Å². The van der Waals surface area contributed by atoms with E-state index >= 15 is 0 Å². The van der Waals surface area contributed by atoms with E-state index < -0.39 is 120 Å². The molecule has 5 rings (SSSR count). The Bertz CT molecular complexity index is 2730. The maximum atomic E-state index is 14.8. The molecule has 0 radical (unpaired) electrons. The topological polar surface area (TPSA) is 395 Å². The molecule has 24 nitrogen and oxygen atoms in total. The number of H-pyrrole nitrogens is 1. The lowest BCUT2D eigenvalue weighted by molar-refractivity contribution is -0.142. The first-order chi connectivity index (χ1) is 36.7. The summed E-state index contributed by atoms with van der Waals surface area (Å²) in [6.45, 7) is 2.73. The first-order valence-corrected chi connectivity index (χ1v) is 27.2. The fraction of sp³-hybridized carbons (Fsp3) is 0.412. The van der Waals surface area contributed by atoms with Gasteiger partial charge in [0.05, 0.1) is 12.5 Å². The number of nitrogens with two attached hydrogens (primary N) is 2. The summed E-state index contributed by atoms with van der Waals surface area (Å²) in [7, 11) is 1.78. The number of aromatic nitrogens is 1. The molecule has 1 aromatic heterocycles. The van der Waals surface area contributed by atoms with Crippen LogP contribution in [0.3, 0.4) is 0 Å². The third-order valence-corrected chi connectivity index (χ3v) is 14.6. The van der Waals surface area contributed by atoms with E-state index in [0.29, 0.717) is 34.9 Å². The van der Waals surface area contributed by atoms with Gasteiger partial charge in [0.1, 0.15) is 54.1 Å². The summed E-state index contributed by atoms with van der Waals surface area (Å²) >= 11 is 0. The molecule has 1 aliphatic heterocycles. The van der Waals surface area contributed by atoms with Crippen LogP contribution < -0.4 is 54.0 Å². The molecule has 3 aromatic carbocycles. The predicted octanol–water partition coefficient (Wildman–Crippen LogP) is -0.770. The third-order valence-electron chi connectivity index (χ3n) is 12.2. The van der Waals surface area contributed by atoms with Crippen LogP contribution in [0.15, 0.2) is 85.1 Å². The number of aliphatic carboxylic acids is 2. The summed E-state index contributed by atoms with van der Waals surface area (Å²) in [5, 5.41) is 50.7. The molecule has 2 heterocycles. The van der Waals surface area contributed by atoms with Gasteiger partial charge < -0.3 is 74.3 Å². The van der Waals surface area contributed by atoms with Gasteiger partial charge in [-0.05, 0) is 74.5 Å². The number of carboxylic acids is 2. The fourth-order valence-corrected chi connectivity index (χ4v) is 10.3. The fourth-order valence-electron chi connectivity index (χ4n) is 7.92. The Morgan fingerprint density at radius 1 is 0.662 bits per heavy atom. The Morgan fingerprint density at radius 2 is 1.22 bits per heavy atom. The predicted molar refractivity (Wildman–Crippen MR) is 286 cm³/mol. The second-order valence-electron chi connectivity index (χ2n) is 18.4. The average molecular weight is 1100 g/mol. The van der Waals surface area contributed by atoms with Crippen molar-refractivity contribution in [3.8, 4) is 5.75 Å². The van der Waals surface area contributed by atoms with Crippen LogP contribution >= 0.6 is 21.6 Å². The van der Waals surface area contributed by atoms with Gasteiger partial charge >= 0.3 is 11.9 Å². The Kier molecular flexibility index (Phi) is 23.1. The van der Waals surface area contributed by atoms with Gasteiger partial charge in [-0.15, -0.1) is 0 Å². The highest BCUT2D eigenvalue weighted by atomic mass is 33.1. The Hall–Kier alpha value is -7.68. The molecule has 1 aliphatic rings. The number of aromatic hydroxyl groups is 1. The van der Waals surface area contributed by atoms with Crippen LogP contribution in [0.2, 0.25) is 0 Å². The van der Waals surface area contributed by atoms with E-state index in [1.165, 1.54) is 38.1 Å². The normalized spacial score (nSPS) is 21.3. The van der Waals surface area contributed by atoms with E-state index in [2.05, 4.69) is 47.5 Å². The van der Waals surface area contributed by atoms with Gasteiger partial charge in [0, 0.05) is 47.9 Å². The molecule has 26 heteroatoms. The van der Waals surface area contributed by atoms with Crippen LogP contribution in [-0.4, -0.2) is 152 Å². The first kappa shape index (κ1) is 60.2. The number of phenolic OH excluding ortho intramolecular Hbond substituents is 1. The van der Waals surface area contributed by atoms with Crippen molar-refractivity contribution in [2.24, 2.45) is 11.5 Å². The number of carboxylic acid groups (broad SMARTS) is 2. The molecule has 0 aliphatic carbocycles. The Morgan fingerprint density at radius 3 is 1.84 bits per heavy atom. The second kappa shape index (κ2) is 29.6. The standard InChI is InChI=1S/C51H65N11O13S2/c1-27(53)43(66)57-39(23-42(64)65)48(71)62-41-26-77-76-25-40(49(72)55-28(2)51(74)75)61-46(69)37(21-30-15-17-32(63)18-16-30)58-44(67)35(14-8-9-19-52)56-47(70)38(22-31-24-54-34-13-7-6-12-33(31)34)60-45(68)36(59-50(41)73)20-29-10-4-3-5-11-29/h3-7,10-13,15-18,24,27-28,35-41,54,63H,8-9,14,19-23,25-26,52-53H2,1-2H3,(H,55,72)(H,56,70)(H,57,66)(H,58,67)(H,59,73)(H,60,68)(H,61,69)(H,62,71)(H,64,65)(H,74,75)/t27-,28-,35-,36-,37-,38-,39-,40-,41-/m0/s1. The third kappa shape index (κ3) is 18.8. The zero-order valence-electron chi connectivity index (χ0n) is 42.2. The van der Waals surface area contributed by atoms with Crippen molar-refractivity contribution in [1.29, 1.82) is 0 Å². The highest BCUT2D eigenvalue weighted by molar-refractivity contribution is 8.76. The summed E-state index contributed by atoms with van der Waals surface area (Å²) in [4.78, 5) is 141. The number of phenols is 1. The number of aromatic amines is 1. The number of amides is 8. The molecule has 9 atom stereocenters. The van der Waals surface area contributed by atoms with E-state index in [0.717, 1.165) is 27.1 Å². The van der Waals surface area contributed by atoms with Crippen molar-refractivity contribution < 1.29 is 63.3 Å². The molecule has 0 unspecified atom stereocenters. The molecule has 0 spiro atoms. The molecule has 1 fully saturated rings. The van der Waals surface area contributed by atoms with E-state index in [4.69, 9.17) is 11.5 Å². The molecule has 0 saturated carbocycles. The van der Waals surface area contributed by atoms with Crippen molar-refractivity contribution in [2.75, 3.05) is 18.1 Å². The maximum Gasteiger partial charge on any atom is 0.325 e. The zero-order valence-corrected chi connectivity index (χ0v) is 43.9. The molecule has 4 aromatic rings. The Labute approximate surface area is 450 Å². The molecule has 0 bridgehead atoms. The number of nitrogens with one attached hydrogen (secondary N) is 9. The van der Waals surface area contributed by atoms with Crippen LogP contribution in [0.5, 0.6) is 5.75 Å². The lowest BCUT2D eigenvalue weighted by atomic mass is 10.0. The quantitative estimate of drug-likeness (QED) is 0.0405. The van der Waals surface area contributed by atoms with Gasteiger partial charge in [0.2, 0.25) is 47.3 Å². The highest BCUT2D eigenvalue weighted by Gasteiger charge is 2.36. The van der Waals surface area contributed by atoms with E-state index in [1.807, 2.05) is 12.1 Å². The van der Waals surface area contributed by atoms with Gasteiger partial charge in [-0.2, -0.15) is 0 Å². The minimum atomic E-state index is -1.74. The molecule has 77 heavy (non-hydrogen) atoms. The zero-order chi connectivity index (χ0) is 56.2. The molecule has 1 saturated heterocycles. The SMILES string of the molecule is C[C@H](N)C(=O)N[C@@H](CC(=O)O)C(=O)N[C@H]1CSSC[C@@H](C(=O)N[C@@H](C)C(=O)O)NC(=O)[C@H](Cc2ccc(O)cc2)NC(=O)[C@H](CCCCN)NC(=O)[C@H](Cc2c[nH]c3ccccc23)NC(=O)[C@H](Cc2ccccc2)NC1=O. The summed E-state index contributed by atoms with van der Waals surface area (Å²) in [5.41, 5.74) is 13.8. The lowest BCUT2D eigenvalue weighted by Gasteiger charge is -2.29. The van der Waals surface area contributed by atoms with Crippen molar-refractivity contribution in [3.63, 3.8) is 0 Å². The summed E-state index contributed by atoms with van der Waals surface area (Å²) < 4.78 is 0. The van der Waals surface area contributed by atoms with Crippen molar-refractivity contribution >= 4 is 91.7 Å². The van der Waals surface area contributed by atoms with Gasteiger partial charge in [0.15, 0.2) is 0 Å². The van der Waals surface area contributed by atoms with Crippen molar-refractivity contribution in [1.82, 2.24) is 47.5 Å². The van der Waals surface area contributed by atoms with E-state index in [9.17, 15) is 63.3 Å². The van der Waals surface area contributed by atoms with Gasteiger partial charge in [-0.1, -0.05) is 82.3 Å². The number of unbranched alkanes of at least 4 members (excludes halogenated alkanes) is 1. The molecule has 8 amide bonds. The minimum absolute atomic E-state index is 0.00406. The number of hydrogen-bond donors (Lipinski definition) is 14. The second-order valence-corrected chi connectivity index (χ2v) is 20.9. The van der Waals surface area contributed by atoms with Crippen LogP contribution in [0, 0.1) is 0 Å². The molecule has 414 valence electrons. The summed E-state index contributed by atoms with van der Waals surface area (Å²) in [6.07, 6.45) is 0.970. The van der Waals surface area contributed by atoms with Crippen molar-refractivity contribution in [2.45, 2.75) is 113 Å². The largest absolute Gasteiger partial charge is 0.508 e. The molecule has 16 N–H and O–H groups in total. The number of carbonyl (C=O) groups is 10. The first-order valence-electron chi connectivity index (χ1n) is 24.7. The van der Waals surface area contributed by atoms with Gasteiger partial charge in [0.25, 0.3) is 0 Å². The Balaban J connectivity index is 1.63. The van der Waals surface area contributed by atoms with E-state index in [1.54, 1.807) is 48.7 Å². The number of hydrogen-bond acceptors (Lipinski definition) is 15. The highest BCUT2D eigenvalue weighted by Crippen LogP contribution is 2.25. The van der Waals surface area contributed by atoms with Crippen LogP contribution in [0.1, 0.15) is 56.2 Å². The number of rotatable bonds is 19. The number of fused-ring (bicyclic) bond motifs is 1.